The van der Waals surface area contributed by atoms with E-state index in [0.717, 1.165) is 75.0 Å². The standard InChI is InChI=1S/C20H28N4O4/c1-25-16-12-18(27-3)17(26-2)11-14(16)13-23-7-6-19-21-22-20(24(19)9-8-23)15-5-4-10-28-15/h11-12,15H,4-10,13H2,1-3H3/t15-/m0/s1. The van der Waals surface area contributed by atoms with Crippen LogP contribution in [-0.2, 0) is 24.2 Å². The van der Waals surface area contributed by atoms with E-state index in [2.05, 4.69) is 19.7 Å². The molecular weight excluding hydrogens is 360 g/mol. The highest BCUT2D eigenvalue weighted by Gasteiger charge is 2.27. The third-order valence-corrected chi connectivity index (χ3v) is 5.55. The quantitative estimate of drug-likeness (QED) is 0.751. The van der Waals surface area contributed by atoms with E-state index in [9.17, 15) is 0 Å². The van der Waals surface area contributed by atoms with Crippen molar-refractivity contribution >= 4 is 0 Å². The Morgan fingerprint density at radius 3 is 2.50 bits per heavy atom. The molecule has 3 heterocycles. The predicted octanol–water partition coefficient (Wildman–Crippen LogP) is 2.21. The third kappa shape index (κ3) is 3.66. The second-order valence-corrected chi connectivity index (χ2v) is 7.17. The van der Waals surface area contributed by atoms with Crippen LogP contribution < -0.4 is 14.2 Å². The molecule has 2 aliphatic rings. The van der Waals surface area contributed by atoms with Gasteiger partial charge in [-0.05, 0) is 18.9 Å². The van der Waals surface area contributed by atoms with Crippen LogP contribution in [0.25, 0.3) is 0 Å². The number of hydrogen-bond acceptors (Lipinski definition) is 7. The first-order chi connectivity index (χ1) is 13.7. The Morgan fingerprint density at radius 2 is 1.79 bits per heavy atom. The molecule has 0 saturated carbocycles. The summed E-state index contributed by atoms with van der Waals surface area (Å²) in [7, 11) is 4.97. The number of aromatic nitrogens is 3. The number of rotatable bonds is 6. The summed E-state index contributed by atoms with van der Waals surface area (Å²) >= 11 is 0. The fraction of sp³-hybridized carbons (Fsp3) is 0.600. The minimum absolute atomic E-state index is 0.0961. The fourth-order valence-electron chi connectivity index (χ4n) is 4.02. The highest BCUT2D eigenvalue weighted by molar-refractivity contribution is 5.50. The van der Waals surface area contributed by atoms with Crippen LogP contribution in [0.2, 0.25) is 0 Å². The Balaban J connectivity index is 1.50. The van der Waals surface area contributed by atoms with Gasteiger partial charge in [0.05, 0.1) is 21.3 Å². The molecule has 1 aromatic carbocycles. The van der Waals surface area contributed by atoms with E-state index >= 15 is 0 Å². The maximum atomic E-state index is 5.83. The number of methoxy groups -OCH3 is 3. The Bertz CT molecular complexity index is 817. The summed E-state index contributed by atoms with van der Waals surface area (Å²) in [6.07, 6.45) is 3.09. The summed E-state index contributed by atoms with van der Waals surface area (Å²) in [5, 5.41) is 8.85. The van der Waals surface area contributed by atoms with E-state index in [1.807, 2.05) is 12.1 Å². The Labute approximate surface area is 165 Å². The molecule has 0 radical (unpaired) electrons. The summed E-state index contributed by atoms with van der Waals surface area (Å²) in [4.78, 5) is 2.41. The molecule has 1 fully saturated rings. The van der Waals surface area contributed by atoms with Gasteiger partial charge < -0.3 is 23.5 Å². The normalized spacial score (nSPS) is 19.9. The first-order valence-corrected chi connectivity index (χ1v) is 9.78. The molecule has 0 amide bonds. The van der Waals surface area contributed by atoms with Crippen molar-refractivity contribution in [3.05, 3.63) is 29.3 Å². The number of benzene rings is 1. The molecule has 0 N–H and O–H groups in total. The van der Waals surface area contributed by atoms with Gasteiger partial charge in [-0.25, -0.2) is 0 Å². The molecule has 2 aromatic rings. The summed E-state index contributed by atoms with van der Waals surface area (Å²) < 4.78 is 24.5. The summed E-state index contributed by atoms with van der Waals surface area (Å²) in [6.45, 7) is 4.30. The molecule has 1 saturated heterocycles. The van der Waals surface area contributed by atoms with Crippen molar-refractivity contribution in [3.63, 3.8) is 0 Å². The average Bonchev–Trinajstić information content (AvgIpc) is 3.35. The van der Waals surface area contributed by atoms with Gasteiger partial charge in [0.25, 0.3) is 0 Å². The van der Waals surface area contributed by atoms with Crippen molar-refractivity contribution in [1.82, 2.24) is 19.7 Å². The van der Waals surface area contributed by atoms with Crippen molar-refractivity contribution in [1.29, 1.82) is 0 Å². The highest BCUT2D eigenvalue weighted by Crippen LogP contribution is 2.35. The zero-order chi connectivity index (χ0) is 19.5. The molecule has 1 aromatic heterocycles. The van der Waals surface area contributed by atoms with Gasteiger partial charge in [-0.1, -0.05) is 0 Å². The van der Waals surface area contributed by atoms with E-state index in [1.54, 1.807) is 21.3 Å². The SMILES string of the molecule is COc1cc(OC)c(OC)cc1CN1CCc2nnc([C@@H]3CCCO3)n2CC1. The molecule has 1 atom stereocenters. The lowest BCUT2D eigenvalue weighted by atomic mass is 10.1. The van der Waals surface area contributed by atoms with Crippen LogP contribution in [0.4, 0.5) is 0 Å². The molecule has 0 aliphatic carbocycles. The highest BCUT2D eigenvalue weighted by atomic mass is 16.5. The van der Waals surface area contributed by atoms with Gasteiger partial charge in [-0.3, -0.25) is 4.90 Å². The lowest BCUT2D eigenvalue weighted by molar-refractivity contribution is 0.101. The van der Waals surface area contributed by atoms with E-state index in [4.69, 9.17) is 18.9 Å². The molecular formula is C20H28N4O4. The van der Waals surface area contributed by atoms with Crippen molar-refractivity contribution in [3.8, 4) is 17.2 Å². The number of fused-ring (bicyclic) bond motifs is 1. The molecule has 0 bridgehead atoms. The smallest absolute Gasteiger partial charge is 0.164 e. The van der Waals surface area contributed by atoms with Crippen molar-refractivity contribution in [2.24, 2.45) is 0 Å². The van der Waals surface area contributed by atoms with Gasteiger partial charge in [0.1, 0.15) is 17.7 Å². The van der Waals surface area contributed by atoms with Crippen LogP contribution in [0, 0.1) is 0 Å². The van der Waals surface area contributed by atoms with Crippen LogP contribution in [0.3, 0.4) is 0 Å². The van der Waals surface area contributed by atoms with E-state index in [1.165, 1.54) is 0 Å². The van der Waals surface area contributed by atoms with Crippen molar-refractivity contribution in [2.45, 2.75) is 38.5 Å². The summed E-state index contributed by atoms with van der Waals surface area (Å²) in [5.41, 5.74) is 1.08. The first-order valence-electron chi connectivity index (χ1n) is 9.78. The van der Waals surface area contributed by atoms with Crippen LogP contribution in [0.5, 0.6) is 17.2 Å². The first kappa shape index (κ1) is 19.0. The number of hydrogen-bond donors (Lipinski definition) is 0. The maximum Gasteiger partial charge on any atom is 0.164 e. The van der Waals surface area contributed by atoms with Gasteiger partial charge in [0, 0.05) is 50.8 Å². The Kier molecular flexibility index (Phi) is 5.68. The second kappa shape index (κ2) is 8.36. The number of nitrogens with zero attached hydrogens (tertiary/aromatic N) is 4. The third-order valence-electron chi connectivity index (χ3n) is 5.55. The molecule has 0 spiro atoms. The molecule has 8 heteroatoms. The van der Waals surface area contributed by atoms with Crippen molar-refractivity contribution < 1.29 is 18.9 Å². The van der Waals surface area contributed by atoms with E-state index in [-0.39, 0.29) is 6.10 Å². The molecule has 4 rings (SSSR count). The summed E-state index contributed by atoms with van der Waals surface area (Å²) in [5.74, 6) is 4.23. The zero-order valence-corrected chi connectivity index (χ0v) is 16.8. The van der Waals surface area contributed by atoms with E-state index in [0.29, 0.717) is 11.5 Å². The molecule has 152 valence electrons. The average molecular weight is 388 g/mol. The van der Waals surface area contributed by atoms with Gasteiger partial charge in [0.15, 0.2) is 17.3 Å². The molecule has 28 heavy (non-hydrogen) atoms. The zero-order valence-electron chi connectivity index (χ0n) is 16.8. The maximum absolute atomic E-state index is 5.83. The van der Waals surface area contributed by atoms with Crippen LogP contribution >= 0.6 is 0 Å². The van der Waals surface area contributed by atoms with Crippen LogP contribution in [0.15, 0.2) is 12.1 Å². The molecule has 2 aliphatic heterocycles. The Morgan fingerprint density at radius 1 is 1.00 bits per heavy atom. The minimum atomic E-state index is 0.0961. The summed E-state index contributed by atoms with van der Waals surface area (Å²) in [6, 6.07) is 3.89. The van der Waals surface area contributed by atoms with Crippen LogP contribution in [0.1, 0.15) is 36.2 Å². The minimum Gasteiger partial charge on any atom is -0.496 e. The topological polar surface area (TPSA) is 70.9 Å². The largest absolute Gasteiger partial charge is 0.496 e. The van der Waals surface area contributed by atoms with Gasteiger partial charge in [-0.15, -0.1) is 10.2 Å². The van der Waals surface area contributed by atoms with Crippen LogP contribution in [-0.4, -0.2) is 60.7 Å². The van der Waals surface area contributed by atoms with Gasteiger partial charge in [0.2, 0.25) is 0 Å². The number of ether oxygens (including phenoxy) is 4. The lowest BCUT2D eigenvalue weighted by Gasteiger charge is -2.22. The Hall–Kier alpha value is -2.32. The fourth-order valence-corrected chi connectivity index (χ4v) is 4.02. The van der Waals surface area contributed by atoms with Crippen molar-refractivity contribution in [2.75, 3.05) is 41.0 Å². The van der Waals surface area contributed by atoms with Gasteiger partial charge >= 0.3 is 0 Å². The predicted molar refractivity (Wildman–Crippen MR) is 103 cm³/mol. The molecule has 8 nitrogen and oxygen atoms in total. The van der Waals surface area contributed by atoms with Gasteiger partial charge in [-0.2, -0.15) is 0 Å². The lowest BCUT2D eigenvalue weighted by Crippen LogP contribution is -2.27. The molecule has 0 unspecified atom stereocenters. The monoisotopic (exact) mass is 388 g/mol. The second-order valence-electron chi connectivity index (χ2n) is 7.17. The van der Waals surface area contributed by atoms with E-state index < -0.39 is 0 Å².